The van der Waals surface area contributed by atoms with E-state index < -0.39 is 0 Å². The van der Waals surface area contributed by atoms with Gasteiger partial charge in [0.05, 0.1) is 11.9 Å². The summed E-state index contributed by atoms with van der Waals surface area (Å²) >= 11 is 5.25. The minimum atomic E-state index is 0.423. The van der Waals surface area contributed by atoms with E-state index in [2.05, 4.69) is 26.5 Å². The molecule has 0 aliphatic carbocycles. The van der Waals surface area contributed by atoms with Crippen LogP contribution in [0.1, 0.15) is 22.5 Å². The van der Waals surface area contributed by atoms with Gasteiger partial charge in [0, 0.05) is 5.69 Å². The molecular weight excluding hydrogens is 296 g/mol. The molecule has 22 heavy (non-hydrogen) atoms. The highest BCUT2D eigenvalue weighted by Crippen LogP contribution is 2.10. The lowest BCUT2D eigenvalue weighted by Crippen LogP contribution is -2.07. The van der Waals surface area contributed by atoms with Gasteiger partial charge in [-0.3, -0.25) is 0 Å². The summed E-state index contributed by atoms with van der Waals surface area (Å²) in [6.07, 6.45) is 1.76. The van der Waals surface area contributed by atoms with Crippen LogP contribution in [-0.4, -0.2) is 30.9 Å². The number of nitrogens with one attached hydrogen (secondary N) is 1. The Balaban J connectivity index is 2.03. The fraction of sp³-hybridized carbons (Fsp3) is 0.200. The number of aryl methyl sites for hydroxylation is 3. The number of nitrogens with zero attached hydrogens (tertiary/aromatic N) is 5. The first-order valence-electron chi connectivity index (χ1n) is 6.86. The Labute approximate surface area is 133 Å². The normalized spacial score (nSPS) is 11.4. The number of hydrogen-bond acceptors (Lipinski definition) is 4. The van der Waals surface area contributed by atoms with Gasteiger partial charge in [0.2, 0.25) is 4.77 Å². The highest BCUT2D eigenvalue weighted by molar-refractivity contribution is 7.71. The van der Waals surface area contributed by atoms with Crippen LogP contribution in [0, 0.1) is 25.5 Å². The Bertz CT molecular complexity index is 899. The Morgan fingerprint density at radius 2 is 2.05 bits per heavy atom. The van der Waals surface area contributed by atoms with Gasteiger partial charge in [-0.15, -0.1) is 5.10 Å². The highest BCUT2D eigenvalue weighted by Gasteiger charge is 2.11. The van der Waals surface area contributed by atoms with Gasteiger partial charge >= 0.3 is 0 Å². The number of benzene rings is 1. The molecule has 3 rings (SSSR count). The maximum atomic E-state index is 5.25. The molecule has 0 saturated carbocycles. The molecule has 0 spiro atoms. The molecule has 0 radical (unpaired) electrons. The van der Waals surface area contributed by atoms with E-state index >= 15 is 0 Å². The van der Waals surface area contributed by atoms with Gasteiger partial charge in [0.1, 0.15) is 0 Å². The molecule has 1 aromatic carbocycles. The maximum absolute atomic E-state index is 5.25. The number of hydrogen-bond donors (Lipinski definition) is 1. The molecule has 0 fully saturated rings. The molecule has 112 valence electrons. The van der Waals surface area contributed by atoms with Crippen molar-refractivity contribution in [3.8, 4) is 5.95 Å². The Kier molecular flexibility index (Phi) is 3.72. The van der Waals surface area contributed by atoms with Crippen LogP contribution in [0.25, 0.3) is 5.95 Å². The third kappa shape index (κ3) is 2.75. The van der Waals surface area contributed by atoms with Gasteiger partial charge in [-0.2, -0.15) is 14.9 Å². The van der Waals surface area contributed by atoms with Crippen LogP contribution in [0.4, 0.5) is 0 Å². The van der Waals surface area contributed by atoms with Gasteiger partial charge in [-0.1, -0.05) is 29.8 Å². The zero-order valence-electron chi connectivity index (χ0n) is 12.6. The summed E-state index contributed by atoms with van der Waals surface area (Å²) in [6.45, 7) is 5.94. The number of H-pyrrole nitrogens is 1. The summed E-state index contributed by atoms with van der Waals surface area (Å²) in [7, 11) is 0. The fourth-order valence-electron chi connectivity index (χ4n) is 2.23. The third-order valence-electron chi connectivity index (χ3n) is 3.20. The van der Waals surface area contributed by atoms with Crippen LogP contribution in [0.5, 0.6) is 0 Å². The highest BCUT2D eigenvalue weighted by atomic mass is 32.1. The SMILES string of the molecule is Cc1cccc(/C=N\n2c(-n3nc(C)cc3C)n[nH]c2=S)c1. The summed E-state index contributed by atoms with van der Waals surface area (Å²) in [4.78, 5) is 0. The van der Waals surface area contributed by atoms with Crippen molar-refractivity contribution in [3.63, 3.8) is 0 Å². The fourth-order valence-corrected chi connectivity index (χ4v) is 2.41. The zero-order valence-corrected chi connectivity index (χ0v) is 13.4. The van der Waals surface area contributed by atoms with Crippen molar-refractivity contribution in [2.75, 3.05) is 0 Å². The van der Waals surface area contributed by atoms with Crippen molar-refractivity contribution in [3.05, 3.63) is 57.6 Å². The first kappa shape index (κ1) is 14.4. The van der Waals surface area contributed by atoms with E-state index in [0.29, 0.717) is 10.7 Å². The number of aromatic amines is 1. The van der Waals surface area contributed by atoms with E-state index in [1.807, 2.05) is 45.0 Å². The van der Waals surface area contributed by atoms with Crippen molar-refractivity contribution < 1.29 is 0 Å². The van der Waals surface area contributed by atoms with Gasteiger partial charge in [-0.25, -0.2) is 9.78 Å². The van der Waals surface area contributed by atoms with E-state index in [9.17, 15) is 0 Å². The van der Waals surface area contributed by atoms with Crippen LogP contribution >= 0.6 is 12.2 Å². The number of aromatic nitrogens is 5. The van der Waals surface area contributed by atoms with Crippen LogP contribution in [0.3, 0.4) is 0 Å². The topological polar surface area (TPSA) is 63.8 Å². The molecule has 0 aliphatic heterocycles. The standard InChI is InChI=1S/C15H16N6S/c1-10-5-4-6-13(7-10)9-16-21-14(17-18-15(21)22)20-12(3)8-11(2)19-20/h4-9H,1-3H3,(H,18,22)/b16-9-. The monoisotopic (exact) mass is 312 g/mol. The van der Waals surface area contributed by atoms with Crippen LogP contribution in [0.2, 0.25) is 0 Å². The molecule has 1 N–H and O–H groups in total. The lowest BCUT2D eigenvalue weighted by molar-refractivity contribution is 0.714. The third-order valence-corrected chi connectivity index (χ3v) is 3.46. The molecule has 2 heterocycles. The minimum absolute atomic E-state index is 0.423. The largest absolute Gasteiger partial charge is 0.271 e. The molecule has 0 bridgehead atoms. The molecule has 0 unspecified atom stereocenters. The summed E-state index contributed by atoms with van der Waals surface area (Å²) in [5.74, 6) is 0.541. The Morgan fingerprint density at radius 3 is 2.73 bits per heavy atom. The van der Waals surface area contributed by atoms with Crippen LogP contribution in [-0.2, 0) is 0 Å². The first-order valence-corrected chi connectivity index (χ1v) is 7.27. The van der Waals surface area contributed by atoms with Crippen molar-refractivity contribution >= 4 is 18.4 Å². The molecule has 0 atom stereocenters. The Morgan fingerprint density at radius 1 is 1.23 bits per heavy atom. The molecule has 7 heteroatoms. The van der Waals surface area contributed by atoms with E-state index in [4.69, 9.17) is 12.2 Å². The molecule has 0 amide bonds. The first-order chi connectivity index (χ1) is 10.5. The quantitative estimate of drug-likeness (QED) is 0.597. The summed E-state index contributed by atoms with van der Waals surface area (Å²) < 4.78 is 3.71. The van der Waals surface area contributed by atoms with Crippen LogP contribution < -0.4 is 0 Å². The Hall–Kier alpha value is -2.54. The van der Waals surface area contributed by atoms with Crippen molar-refractivity contribution in [2.24, 2.45) is 5.10 Å². The predicted molar refractivity (Wildman–Crippen MR) is 88.2 cm³/mol. The zero-order chi connectivity index (χ0) is 15.7. The minimum Gasteiger partial charge on any atom is -0.248 e. The molecule has 0 saturated heterocycles. The summed E-state index contributed by atoms with van der Waals surface area (Å²) in [6, 6.07) is 10.1. The van der Waals surface area contributed by atoms with E-state index in [-0.39, 0.29) is 0 Å². The van der Waals surface area contributed by atoms with Crippen molar-refractivity contribution in [2.45, 2.75) is 20.8 Å². The van der Waals surface area contributed by atoms with Crippen LogP contribution in [0.15, 0.2) is 35.4 Å². The molecule has 3 aromatic rings. The van der Waals surface area contributed by atoms with Crippen molar-refractivity contribution in [1.82, 2.24) is 24.7 Å². The lowest BCUT2D eigenvalue weighted by Gasteiger charge is -2.02. The lowest BCUT2D eigenvalue weighted by atomic mass is 10.2. The smallest absolute Gasteiger partial charge is 0.248 e. The average molecular weight is 312 g/mol. The second-order valence-corrected chi connectivity index (χ2v) is 5.52. The second kappa shape index (κ2) is 5.69. The van der Waals surface area contributed by atoms with Gasteiger partial charge in [0.15, 0.2) is 0 Å². The predicted octanol–water partition coefficient (Wildman–Crippen LogP) is 2.93. The molecule has 0 aliphatic rings. The molecule has 6 nitrogen and oxygen atoms in total. The molecule has 2 aromatic heterocycles. The average Bonchev–Trinajstić information content (AvgIpc) is 2.99. The van der Waals surface area contributed by atoms with Gasteiger partial charge in [0.25, 0.3) is 5.95 Å². The summed E-state index contributed by atoms with van der Waals surface area (Å²) in [5.41, 5.74) is 4.07. The second-order valence-electron chi connectivity index (χ2n) is 5.14. The van der Waals surface area contributed by atoms with E-state index in [1.54, 1.807) is 15.6 Å². The number of rotatable bonds is 3. The van der Waals surface area contributed by atoms with E-state index in [1.165, 1.54) is 5.56 Å². The summed E-state index contributed by atoms with van der Waals surface area (Å²) in [5, 5.41) is 15.8. The van der Waals surface area contributed by atoms with Crippen molar-refractivity contribution in [1.29, 1.82) is 0 Å². The van der Waals surface area contributed by atoms with Gasteiger partial charge < -0.3 is 0 Å². The maximum Gasteiger partial charge on any atom is 0.271 e. The molecular formula is C15H16N6S. The van der Waals surface area contributed by atoms with E-state index in [0.717, 1.165) is 17.0 Å². The van der Waals surface area contributed by atoms with Gasteiger partial charge in [-0.05, 0) is 44.6 Å².